The zero-order valence-electron chi connectivity index (χ0n) is 53.4. The molecule has 0 heterocycles. The number of amides is 1. The molecule has 2 N–H and O–H groups in total. The summed E-state index contributed by atoms with van der Waals surface area (Å²) in [7, 11) is 1.44. The largest absolute Gasteiger partial charge is 0.472 e. The highest BCUT2D eigenvalue weighted by Gasteiger charge is 2.30. The number of allylic oxidation sites excluding steroid dienone is 21. The summed E-state index contributed by atoms with van der Waals surface area (Å²) in [5.74, 6) is -0.617. The van der Waals surface area contributed by atoms with Gasteiger partial charge in [-0.15, -0.1) is 0 Å². The Morgan fingerprint density at radius 3 is 1.22 bits per heavy atom. The lowest BCUT2D eigenvalue weighted by molar-refractivity contribution is -0.870. The van der Waals surface area contributed by atoms with Crippen LogP contribution in [0.15, 0.2) is 134 Å². The highest BCUT2D eigenvalue weighted by Crippen LogP contribution is 2.43. The van der Waals surface area contributed by atoms with E-state index >= 15 is 0 Å². The molecule has 0 rings (SSSR count). The minimum absolute atomic E-state index is 0.0207. The van der Waals surface area contributed by atoms with Crippen LogP contribution >= 0.6 is 7.82 Å². The summed E-state index contributed by atoms with van der Waals surface area (Å²) in [6, 6.07) is -0.892. The minimum Gasteiger partial charge on any atom is -0.456 e. The van der Waals surface area contributed by atoms with Crippen molar-refractivity contribution in [3.05, 3.63) is 134 Å². The van der Waals surface area contributed by atoms with E-state index in [0.29, 0.717) is 23.9 Å². The van der Waals surface area contributed by atoms with Crippen molar-refractivity contribution in [3.63, 3.8) is 0 Å². The first-order valence-corrected chi connectivity index (χ1v) is 34.5. The lowest BCUT2D eigenvalue weighted by atomic mass is 10.0. The third-order valence-electron chi connectivity index (χ3n) is 13.8. The first-order chi connectivity index (χ1) is 39.9. The lowest BCUT2D eigenvalue weighted by Crippen LogP contribution is -2.47. The first kappa shape index (κ1) is 78.1. The topological polar surface area (TPSA) is 111 Å². The number of hydrogen-bond donors (Lipinski definition) is 2. The van der Waals surface area contributed by atoms with Crippen LogP contribution in [0.2, 0.25) is 0 Å². The van der Waals surface area contributed by atoms with Gasteiger partial charge < -0.3 is 19.4 Å². The van der Waals surface area contributed by atoms with Gasteiger partial charge in [-0.1, -0.05) is 264 Å². The average Bonchev–Trinajstić information content (AvgIpc) is 3.44. The number of likely N-dealkylation sites (N-methyl/N-ethyl adjacent to an activating group) is 1. The number of hydrogen-bond acceptors (Lipinski definition) is 6. The van der Waals surface area contributed by atoms with Crippen LogP contribution in [-0.4, -0.2) is 74.3 Å². The zero-order chi connectivity index (χ0) is 60.0. The number of quaternary nitrogens is 1. The normalized spacial score (nSPS) is 14.5. The second-order valence-electron chi connectivity index (χ2n) is 22.9. The maximum atomic E-state index is 13.6. The molecule has 0 aliphatic rings. The summed E-state index contributed by atoms with van der Waals surface area (Å²) < 4.78 is 30.7. The van der Waals surface area contributed by atoms with Crippen LogP contribution in [0, 0.1) is 0 Å². The molecule has 0 saturated heterocycles. The molecule has 0 aromatic carbocycles. The molecule has 10 heteroatoms. The van der Waals surface area contributed by atoms with E-state index < -0.39 is 25.9 Å². The summed E-state index contributed by atoms with van der Waals surface area (Å²) in [6.07, 6.45) is 86.1. The van der Waals surface area contributed by atoms with Crippen molar-refractivity contribution >= 4 is 19.7 Å². The van der Waals surface area contributed by atoms with Crippen LogP contribution in [-0.2, 0) is 27.9 Å². The smallest absolute Gasteiger partial charge is 0.456 e. The van der Waals surface area contributed by atoms with Crippen molar-refractivity contribution in [1.82, 2.24) is 5.32 Å². The van der Waals surface area contributed by atoms with Gasteiger partial charge in [-0.05, 0) is 115 Å². The molecule has 9 nitrogen and oxygen atoms in total. The number of nitrogens with zero attached hydrogens (tertiary/aromatic N) is 1. The molecule has 0 aliphatic carbocycles. The predicted octanol–water partition coefficient (Wildman–Crippen LogP) is 20.8. The van der Waals surface area contributed by atoms with Gasteiger partial charge in [0.25, 0.3) is 0 Å². The highest BCUT2D eigenvalue weighted by molar-refractivity contribution is 7.47. The van der Waals surface area contributed by atoms with Crippen LogP contribution in [0.25, 0.3) is 0 Å². The quantitative estimate of drug-likeness (QED) is 0.0205. The summed E-state index contributed by atoms with van der Waals surface area (Å²) in [5.41, 5.74) is 0. The molecule has 0 saturated carbocycles. The molecule has 0 bridgehead atoms. The van der Waals surface area contributed by atoms with Crippen LogP contribution < -0.4 is 5.32 Å². The number of phosphoric ester groups is 1. The monoisotopic (exact) mass is 1160 g/mol. The van der Waals surface area contributed by atoms with Crippen molar-refractivity contribution in [2.75, 3.05) is 40.9 Å². The van der Waals surface area contributed by atoms with E-state index in [1.54, 1.807) is 0 Å². The number of rotatable bonds is 58. The SMILES string of the molecule is CC/C=C\C/C=C\C/C=C\C/C=C\C/C=C\C/C=C\CCC(=O)OC(/C=C\CCCCCCCCCCCC)C(COP(=O)(O)OCC[N+](C)(C)C)NC(=O)CCCCCCCCCCC/C=C\C/C=C\C/C=C\C/C=C\CCCCC. The van der Waals surface area contributed by atoms with Gasteiger partial charge in [-0.2, -0.15) is 0 Å². The summed E-state index contributed by atoms with van der Waals surface area (Å²) >= 11 is 0. The molecule has 3 unspecified atom stereocenters. The summed E-state index contributed by atoms with van der Waals surface area (Å²) in [4.78, 5) is 37.8. The Hall–Kier alpha value is -3.85. The van der Waals surface area contributed by atoms with E-state index in [-0.39, 0.29) is 25.5 Å². The number of carbonyl (C=O) groups excluding carboxylic acids is 2. The maximum Gasteiger partial charge on any atom is 0.472 e. The zero-order valence-corrected chi connectivity index (χ0v) is 54.3. The predicted molar refractivity (Wildman–Crippen MR) is 355 cm³/mol. The van der Waals surface area contributed by atoms with Crippen molar-refractivity contribution in [1.29, 1.82) is 0 Å². The number of esters is 1. The summed E-state index contributed by atoms with van der Waals surface area (Å²) in [6.45, 7) is 6.81. The fourth-order valence-corrected chi connectivity index (χ4v) is 9.51. The van der Waals surface area contributed by atoms with Crippen molar-refractivity contribution in [3.8, 4) is 0 Å². The Bertz CT molecular complexity index is 1860. The Kier molecular flexibility index (Phi) is 57.4. The van der Waals surface area contributed by atoms with Crippen LogP contribution in [0.1, 0.15) is 258 Å². The fourth-order valence-electron chi connectivity index (χ4n) is 8.77. The number of ether oxygens (including phenoxy) is 1. The molecule has 0 spiro atoms. The van der Waals surface area contributed by atoms with Crippen LogP contribution in [0.3, 0.4) is 0 Å². The van der Waals surface area contributed by atoms with E-state index in [9.17, 15) is 19.0 Å². The molecular weight excluding hydrogens is 1040 g/mol. The molecule has 0 radical (unpaired) electrons. The number of carbonyl (C=O) groups is 2. The highest BCUT2D eigenvalue weighted by atomic mass is 31.2. The molecule has 3 atom stereocenters. The van der Waals surface area contributed by atoms with Gasteiger partial charge in [0.05, 0.1) is 33.8 Å². The maximum absolute atomic E-state index is 13.6. The van der Waals surface area contributed by atoms with Crippen LogP contribution in [0.4, 0.5) is 0 Å². The molecule has 0 aromatic rings. The van der Waals surface area contributed by atoms with Gasteiger partial charge >= 0.3 is 13.8 Å². The van der Waals surface area contributed by atoms with Gasteiger partial charge in [0.2, 0.25) is 5.91 Å². The lowest BCUT2D eigenvalue weighted by Gasteiger charge is -2.27. The number of nitrogens with one attached hydrogen (secondary N) is 1. The Labute approximate surface area is 505 Å². The third kappa shape index (κ3) is 60.7. The second-order valence-corrected chi connectivity index (χ2v) is 24.4. The molecule has 468 valence electrons. The fraction of sp³-hybridized carbons (Fsp3) is 0.667. The van der Waals surface area contributed by atoms with E-state index in [1.165, 1.54) is 109 Å². The van der Waals surface area contributed by atoms with Gasteiger partial charge in [0.15, 0.2) is 0 Å². The number of phosphoric acid groups is 1. The van der Waals surface area contributed by atoms with E-state index in [2.05, 4.69) is 142 Å². The van der Waals surface area contributed by atoms with E-state index in [1.807, 2.05) is 39.4 Å². The van der Waals surface area contributed by atoms with E-state index in [4.69, 9.17) is 13.8 Å². The van der Waals surface area contributed by atoms with Crippen LogP contribution in [0.5, 0.6) is 0 Å². The molecular formula is C72H124N2O7P+. The Morgan fingerprint density at radius 1 is 0.439 bits per heavy atom. The van der Waals surface area contributed by atoms with Gasteiger partial charge in [-0.3, -0.25) is 18.6 Å². The Balaban J connectivity index is 5.28. The summed E-state index contributed by atoms with van der Waals surface area (Å²) in [5, 5.41) is 3.04. The second kappa shape index (κ2) is 60.3. The third-order valence-corrected chi connectivity index (χ3v) is 14.8. The van der Waals surface area contributed by atoms with Crippen molar-refractivity contribution in [2.45, 2.75) is 270 Å². The van der Waals surface area contributed by atoms with Crippen molar-refractivity contribution < 1.29 is 37.3 Å². The van der Waals surface area contributed by atoms with E-state index in [0.717, 1.165) is 109 Å². The molecule has 0 fully saturated rings. The number of unbranched alkanes of at least 4 members (excludes halogenated alkanes) is 22. The minimum atomic E-state index is -4.48. The van der Waals surface area contributed by atoms with Crippen molar-refractivity contribution in [2.24, 2.45) is 0 Å². The molecule has 1 amide bonds. The van der Waals surface area contributed by atoms with Gasteiger partial charge in [0.1, 0.15) is 19.3 Å². The molecule has 0 aliphatic heterocycles. The van der Waals surface area contributed by atoms with Gasteiger partial charge in [-0.25, -0.2) is 4.57 Å². The Morgan fingerprint density at radius 2 is 0.793 bits per heavy atom. The standard InChI is InChI=1S/C72H123N2O7P/c1-7-10-13-16-19-22-25-28-30-32-34-35-36-37-38-39-41-42-44-46-49-52-55-58-61-64-71(75)73-69(68-80-82(77,78)79-67-66-74(4,5)6)70(63-60-57-54-51-48-27-24-21-18-15-12-9-3)81-72(76)65-62-59-56-53-50-47-45-43-40-33-31-29-26-23-20-17-14-11-8-2/h11,14,19-20,22-23,28-31,34-35,37-38,40,43,47,50,56,59-60,63,69-70H,7-10,12-13,15-18,21,24-27,32-33,36,39,41-42,44-46,48-49,51-55,57-58,61-62,64-68H2,1-6H3,(H-,73,75,77,78)/p+1/b14-11-,22-19-,23-20-,30-28-,31-29-,35-34-,38-37-,43-40-,50-47-,59-56-,63-60-. The first-order valence-electron chi connectivity index (χ1n) is 33.0. The molecule has 82 heavy (non-hydrogen) atoms. The van der Waals surface area contributed by atoms with Gasteiger partial charge in [0, 0.05) is 12.8 Å². The average molecular weight is 1160 g/mol. The molecule has 0 aromatic heterocycles.